The molecule has 2 heterocycles. The van der Waals surface area contributed by atoms with E-state index in [9.17, 15) is 9.90 Å². The first-order valence-corrected chi connectivity index (χ1v) is 7.86. The Labute approximate surface area is 144 Å². The molecule has 0 aliphatic carbocycles. The summed E-state index contributed by atoms with van der Waals surface area (Å²) in [4.78, 5) is 23.0. The Morgan fingerprint density at radius 1 is 0.920 bits per heavy atom. The number of benzene rings is 2. The van der Waals surface area contributed by atoms with Gasteiger partial charge in [0.15, 0.2) is 0 Å². The molecule has 0 unspecified atom stereocenters. The van der Waals surface area contributed by atoms with Crippen LogP contribution in [0, 0.1) is 6.92 Å². The molecule has 0 amide bonds. The summed E-state index contributed by atoms with van der Waals surface area (Å²) in [6.45, 7) is 1.81. The second kappa shape index (κ2) is 5.87. The van der Waals surface area contributed by atoms with E-state index in [0.29, 0.717) is 11.3 Å². The third-order valence-electron chi connectivity index (χ3n) is 4.17. The van der Waals surface area contributed by atoms with Gasteiger partial charge in [0, 0.05) is 12.4 Å². The molecule has 4 rings (SSSR count). The summed E-state index contributed by atoms with van der Waals surface area (Å²) in [6.07, 6.45) is 3.52. The van der Waals surface area contributed by atoms with Crippen LogP contribution in [0.5, 0.6) is 0 Å². The third-order valence-corrected chi connectivity index (χ3v) is 4.17. The van der Waals surface area contributed by atoms with Gasteiger partial charge in [0.25, 0.3) is 0 Å². The van der Waals surface area contributed by atoms with Gasteiger partial charge in [0.2, 0.25) is 0 Å². The van der Waals surface area contributed by atoms with Crippen molar-refractivity contribution < 1.29 is 9.90 Å². The van der Waals surface area contributed by atoms with Crippen molar-refractivity contribution in [2.75, 3.05) is 0 Å². The maximum absolute atomic E-state index is 11.6. The standard InChI is InChI=1S/C20H15N3O2/c1-12-22-18-11-16(10-17(20(24)25)19(18)23-12)14-4-2-13(3-5-14)15-6-8-21-9-7-15/h2-11H,1H3,(H,22,23)(H,24,25). The molecule has 0 aliphatic heterocycles. The van der Waals surface area contributed by atoms with Crippen LogP contribution in [0.2, 0.25) is 0 Å². The average Bonchev–Trinajstić information content (AvgIpc) is 3.01. The minimum absolute atomic E-state index is 0.204. The first kappa shape index (κ1) is 15.1. The highest BCUT2D eigenvalue weighted by atomic mass is 16.4. The van der Waals surface area contributed by atoms with Crippen LogP contribution in [-0.4, -0.2) is 26.0 Å². The number of nitrogens with one attached hydrogen (secondary N) is 1. The number of pyridine rings is 1. The van der Waals surface area contributed by atoms with Gasteiger partial charge in [-0.2, -0.15) is 0 Å². The van der Waals surface area contributed by atoms with Crippen LogP contribution in [0.4, 0.5) is 0 Å². The number of carbonyl (C=O) groups is 1. The predicted molar refractivity (Wildman–Crippen MR) is 96.5 cm³/mol. The van der Waals surface area contributed by atoms with E-state index in [1.165, 1.54) is 0 Å². The van der Waals surface area contributed by atoms with Crippen molar-refractivity contribution in [3.05, 3.63) is 72.3 Å². The van der Waals surface area contributed by atoms with E-state index in [1.807, 2.05) is 49.4 Å². The second-order valence-electron chi connectivity index (χ2n) is 5.86. The topological polar surface area (TPSA) is 78.9 Å². The molecule has 0 aliphatic rings. The first-order valence-electron chi connectivity index (χ1n) is 7.86. The predicted octanol–water partition coefficient (Wildman–Crippen LogP) is 4.30. The highest BCUT2D eigenvalue weighted by Crippen LogP contribution is 2.29. The molecule has 4 aromatic rings. The Hall–Kier alpha value is -3.47. The number of aryl methyl sites for hydroxylation is 1. The SMILES string of the molecule is Cc1nc2c(C(=O)O)cc(-c3ccc(-c4ccncc4)cc3)cc2[nH]1. The fraction of sp³-hybridized carbons (Fsp3) is 0.0500. The number of nitrogens with zero attached hydrogens (tertiary/aromatic N) is 2. The second-order valence-corrected chi connectivity index (χ2v) is 5.86. The van der Waals surface area contributed by atoms with Crippen molar-refractivity contribution >= 4 is 17.0 Å². The van der Waals surface area contributed by atoms with Crippen LogP contribution in [0.25, 0.3) is 33.3 Å². The molecule has 2 aromatic carbocycles. The number of aromatic amines is 1. The Morgan fingerprint density at radius 3 is 2.16 bits per heavy atom. The van der Waals surface area contributed by atoms with Crippen LogP contribution in [0.15, 0.2) is 60.9 Å². The number of fused-ring (bicyclic) bond motifs is 1. The molecule has 5 nitrogen and oxygen atoms in total. The Morgan fingerprint density at radius 2 is 1.52 bits per heavy atom. The van der Waals surface area contributed by atoms with Crippen molar-refractivity contribution in [3.8, 4) is 22.3 Å². The van der Waals surface area contributed by atoms with E-state index in [0.717, 1.165) is 27.8 Å². The Bertz CT molecular complexity index is 1070. The molecular weight excluding hydrogens is 314 g/mol. The van der Waals surface area contributed by atoms with Gasteiger partial charge in [0.1, 0.15) is 11.3 Å². The number of carboxylic acid groups (broad SMARTS) is 1. The van der Waals surface area contributed by atoms with Crippen LogP contribution in [-0.2, 0) is 0 Å². The van der Waals surface area contributed by atoms with Crippen molar-refractivity contribution in [2.45, 2.75) is 6.92 Å². The number of carboxylic acids is 1. The summed E-state index contributed by atoms with van der Waals surface area (Å²) in [5.74, 6) is -0.283. The number of hydrogen-bond acceptors (Lipinski definition) is 3. The van der Waals surface area contributed by atoms with E-state index >= 15 is 0 Å². The first-order chi connectivity index (χ1) is 12.1. The molecule has 25 heavy (non-hydrogen) atoms. The van der Waals surface area contributed by atoms with Gasteiger partial charge in [-0.15, -0.1) is 0 Å². The van der Waals surface area contributed by atoms with Gasteiger partial charge in [-0.25, -0.2) is 9.78 Å². The number of imidazole rings is 1. The third kappa shape index (κ3) is 2.76. The highest BCUT2D eigenvalue weighted by Gasteiger charge is 2.14. The normalized spacial score (nSPS) is 10.9. The maximum atomic E-state index is 11.6. The Kier molecular flexibility index (Phi) is 3.54. The molecule has 2 aromatic heterocycles. The molecule has 5 heteroatoms. The Balaban J connectivity index is 1.80. The monoisotopic (exact) mass is 329 g/mol. The quantitative estimate of drug-likeness (QED) is 0.587. The summed E-state index contributed by atoms with van der Waals surface area (Å²) in [7, 11) is 0. The molecule has 0 spiro atoms. The van der Waals surface area contributed by atoms with Crippen LogP contribution < -0.4 is 0 Å². The smallest absolute Gasteiger partial charge is 0.337 e. The summed E-state index contributed by atoms with van der Waals surface area (Å²) in [5, 5.41) is 9.50. The molecule has 122 valence electrons. The van der Waals surface area contributed by atoms with Gasteiger partial charge in [-0.1, -0.05) is 24.3 Å². The van der Waals surface area contributed by atoms with E-state index < -0.39 is 5.97 Å². The van der Waals surface area contributed by atoms with Gasteiger partial charge in [-0.3, -0.25) is 4.98 Å². The van der Waals surface area contributed by atoms with E-state index in [-0.39, 0.29) is 5.56 Å². The van der Waals surface area contributed by atoms with Crippen molar-refractivity contribution in [3.63, 3.8) is 0 Å². The zero-order valence-corrected chi connectivity index (χ0v) is 13.5. The van der Waals surface area contributed by atoms with Crippen molar-refractivity contribution in [2.24, 2.45) is 0 Å². The zero-order valence-electron chi connectivity index (χ0n) is 13.5. The number of aromatic nitrogens is 3. The highest BCUT2D eigenvalue weighted by molar-refractivity contribution is 6.03. The molecule has 0 saturated heterocycles. The molecule has 0 bridgehead atoms. The van der Waals surface area contributed by atoms with Gasteiger partial charge >= 0.3 is 5.97 Å². The summed E-state index contributed by atoms with van der Waals surface area (Å²) < 4.78 is 0. The van der Waals surface area contributed by atoms with Gasteiger partial charge in [-0.05, 0) is 53.4 Å². The molecule has 2 N–H and O–H groups in total. The maximum Gasteiger partial charge on any atom is 0.337 e. The summed E-state index contributed by atoms with van der Waals surface area (Å²) >= 11 is 0. The van der Waals surface area contributed by atoms with E-state index in [2.05, 4.69) is 15.0 Å². The number of H-pyrrole nitrogens is 1. The zero-order chi connectivity index (χ0) is 17.4. The van der Waals surface area contributed by atoms with Gasteiger partial charge < -0.3 is 10.1 Å². The fourth-order valence-corrected chi connectivity index (χ4v) is 2.97. The van der Waals surface area contributed by atoms with Crippen LogP contribution >= 0.6 is 0 Å². The lowest BCUT2D eigenvalue weighted by Crippen LogP contribution is -1.98. The minimum Gasteiger partial charge on any atom is -0.478 e. The van der Waals surface area contributed by atoms with Gasteiger partial charge in [0.05, 0.1) is 11.1 Å². The molecule has 0 saturated carbocycles. The van der Waals surface area contributed by atoms with Crippen LogP contribution in [0.3, 0.4) is 0 Å². The average molecular weight is 329 g/mol. The molecule has 0 atom stereocenters. The minimum atomic E-state index is -0.980. The van der Waals surface area contributed by atoms with E-state index in [4.69, 9.17) is 0 Å². The van der Waals surface area contributed by atoms with Crippen molar-refractivity contribution in [1.82, 2.24) is 15.0 Å². The number of aromatic carboxylic acids is 1. The lowest BCUT2D eigenvalue weighted by Gasteiger charge is -2.07. The lowest BCUT2D eigenvalue weighted by molar-refractivity contribution is 0.0699. The molecule has 0 fully saturated rings. The fourth-order valence-electron chi connectivity index (χ4n) is 2.97. The lowest BCUT2D eigenvalue weighted by atomic mass is 9.99. The largest absolute Gasteiger partial charge is 0.478 e. The van der Waals surface area contributed by atoms with Crippen molar-refractivity contribution in [1.29, 1.82) is 0 Å². The summed E-state index contributed by atoms with van der Waals surface area (Å²) in [5.41, 5.74) is 5.39. The molecular formula is C20H15N3O2. The number of hydrogen-bond donors (Lipinski definition) is 2. The molecule has 0 radical (unpaired) electrons. The van der Waals surface area contributed by atoms with E-state index in [1.54, 1.807) is 18.5 Å². The summed E-state index contributed by atoms with van der Waals surface area (Å²) in [6, 6.07) is 15.5. The number of rotatable bonds is 3. The van der Waals surface area contributed by atoms with Crippen LogP contribution in [0.1, 0.15) is 16.2 Å².